The monoisotopic (exact) mass is 402 g/mol. The van der Waals surface area contributed by atoms with Gasteiger partial charge in [0.1, 0.15) is 5.02 Å². The normalized spacial score (nSPS) is 11.4. The number of benzene rings is 2. The Bertz CT molecular complexity index is 775. The van der Waals surface area contributed by atoms with Crippen molar-refractivity contribution in [2.45, 2.75) is 6.18 Å². The van der Waals surface area contributed by atoms with Crippen molar-refractivity contribution in [3.8, 4) is 5.75 Å². The molecule has 2 nitrogen and oxygen atoms in total. The van der Waals surface area contributed by atoms with E-state index in [-0.39, 0.29) is 31.4 Å². The summed E-state index contributed by atoms with van der Waals surface area (Å²) in [6.07, 6.45) is -4.59. The van der Waals surface area contributed by atoms with Crippen molar-refractivity contribution < 1.29 is 22.7 Å². The van der Waals surface area contributed by atoms with Crippen LogP contribution in [0.3, 0.4) is 0 Å². The van der Waals surface area contributed by atoms with E-state index in [4.69, 9.17) is 51.1 Å². The van der Waals surface area contributed by atoms with Gasteiger partial charge < -0.3 is 4.74 Å². The summed E-state index contributed by atoms with van der Waals surface area (Å²) in [4.78, 5) is 12.0. The molecule has 0 saturated carbocycles. The lowest BCUT2D eigenvalue weighted by molar-refractivity contribution is -0.137. The summed E-state index contributed by atoms with van der Waals surface area (Å²) in [7, 11) is 0. The predicted octanol–water partition coefficient (Wildman–Crippen LogP) is 6.54. The number of esters is 1. The number of halogens is 7. The molecule has 0 saturated heterocycles. The van der Waals surface area contributed by atoms with E-state index in [9.17, 15) is 18.0 Å². The number of hydrogen-bond acceptors (Lipinski definition) is 2. The molecule has 0 fully saturated rings. The first-order chi connectivity index (χ1) is 10.6. The zero-order valence-electron chi connectivity index (χ0n) is 10.8. The van der Waals surface area contributed by atoms with E-state index in [1.54, 1.807) is 0 Å². The van der Waals surface area contributed by atoms with Gasteiger partial charge in [-0.2, -0.15) is 13.2 Å². The number of ether oxygens (including phenoxy) is 1. The van der Waals surface area contributed by atoms with Crippen LogP contribution in [0.4, 0.5) is 13.2 Å². The van der Waals surface area contributed by atoms with Crippen molar-refractivity contribution in [2.75, 3.05) is 0 Å². The summed E-state index contributed by atoms with van der Waals surface area (Å²) in [5, 5.41) is -0.376. The molecule has 23 heavy (non-hydrogen) atoms. The Balaban J connectivity index is 2.36. The highest BCUT2D eigenvalue weighted by Crippen LogP contribution is 2.43. The van der Waals surface area contributed by atoms with E-state index in [1.807, 2.05) is 0 Å². The van der Waals surface area contributed by atoms with Gasteiger partial charge in [-0.25, -0.2) is 4.79 Å². The van der Waals surface area contributed by atoms with Crippen LogP contribution in [0.15, 0.2) is 30.3 Å². The van der Waals surface area contributed by atoms with Crippen LogP contribution in [0.1, 0.15) is 15.9 Å². The summed E-state index contributed by atoms with van der Waals surface area (Å²) in [5.41, 5.74) is -1.31. The third kappa shape index (κ3) is 4.04. The van der Waals surface area contributed by atoms with Gasteiger partial charge in [0.2, 0.25) is 0 Å². The highest BCUT2D eigenvalue weighted by atomic mass is 35.5. The molecule has 122 valence electrons. The molecule has 9 heteroatoms. The van der Waals surface area contributed by atoms with Crippen molar-refractivity contribution in [3.63, 3.8) is 0 Å². The average molecular weight is 404 g/mol. The molecule has 2 aromatic rings. The second kappa shape index (κ2) is 6.77. The van der Waals surface area contributed by atoms with Gasteiger partial charge in [-0.3, -0.25) is 0 Å². The van der Waals surface area contributed by atoms with Crippen LogP contribution in [-0.4, -0.2) is 5.97 Å². The van der Waals surface area contributed by atoms with E-state index >= 15 is 0 Å². The molecular formula is C14H5Cl4F3O2. The Labute approximate surface area is 148 Å². The van der Waals surface area contributed by atoms with E-state index in [0.717, 1.165) is 18.2 Å². The number of rotatable bonds is 2. The number of carbonyl (C=O) groups is 1. The summed E-state index contributed by atoms with van der Waals surface area (Å²) in [5.74, 6) is -1.36. The molecule has 0 aliphatic carbocycles. The molecule has 2 rings (SSSR count). The highest BCUT2D eigenvalue weighted by molar-refractivity contribution is 6.50. The van der Waals surface area contributed by atoms with Gasteiger partial charge in [0.05, 0.1) is 26.2 Å². The highest BCUT2D eigenvalue weighted by Gasteiger charge is 2.31. The van der Waals surface area contributed by atoms with Crippen molar-refractivity contribution in [1.29, 1.82) is 0 Å². The molecule has 2 aromatic carbocycles. The van der Waals surface area contributed by atoms with E-state index < -0.39 is 17.7 Å². The van der Waals surface area contributed by atoms with Gasteiger partial charge in [0.25, 0.3) is 0 Å². The van der Waals surface area contributed by atoms with Crippen LogP contribution in [-0.2, 0) is 6.18 Å². The minimum Gasteiger partial charge on any atom is -0.420 e. The minimum atomic E-state index is -4.59. The molecule has 0 heterocycles. The fraction of sp³-hybridized carbons (Fsp3) is 0.0714. The van der Waals surface area contributed by atoms with Gasteiger partial charge in [0, 0.05) is 0 Å². The van der Waals surface area contributed by atoms with Crippen molar-refractivity contribution in [1.82, 2.24) is 0 Å². The van der Waals surface area contributed by atoms with Gasteiger partial charge in [-0.1, -0.05) is 52.5 Å². The Kier molecular flexibility index (Phi) is 5.36. The van der Waals surface area contributed by atoms with Gasteiger partial charge in [-0.05, 0) is 24.3 Å². The maximum atomic E-state index is 12.7. The number of alkyl halides is 3. The Morgan fingerprint density at radius 2 is 1.61 bits per heavy atom. The fourth-order valence-corrected chi connectivity index (χ4v) is 2.60. The zero-order valence-corrected chi connectivity index (χ0v) is 13.9. The molecule has 0 atom stereocenters. The molecule has 0 amide bonds. The average Bonchev–Trinajstić information content (AvgIpc) is 2.48. The smallest absolute Gasteiger partial charge is 0.416 e. The lowest BCUT2D eigenvalue weighted by Gasteiger charge is -2.11. The minimum absolute atomic E-state index is 0.0422. The Morgan fingerprint density at radius 3 is 2.22 bits per heavy atom. The molecule has 0 N–H and O–H groups in total. The lowest BCUT2D eigenvalue weighted by Crippen LogP contribution is -2.12. The summed E-state index contributed by atoms with van der Waals surface area (Å²) < 4.78 is 42.9. The molecular weight excluding hydrogens is 399 g/mol. The SMILES string of the molecule is O=C(Oc1c(Cl)cc(Cl)c(Cl)c1Cl)c1cccc(C(F)(F)F)c1. The first-order valence-electron chi connectivity index (χ1n) is 5.83. The third-order valence-corrected chi connectivity index (χ3v) is 4.22. The fourth-order valence-electron chi connectivity index (χ4n) is 1.62. The van der Waals surface area contributed by atoms with Crippen molar-refractivity contribution in [2.24, 2.45) is 0 Å². The third-order valence-electron chi connectivity index (χ3n) is 2.69. The summed E-state index contributed by atoms with van der Waals surface area (Å²) >= 11 is 23.3. The van der Waals surface area contributed by atoms with E-state index in [2.05, 4.69) is 0 Å². The van der Waals surface area contributed by atoms with Crippen LogP contribution in [0.2, 0.25) is 20.1 Å². The lowest BCUT2D eigenvalue weighted by atomic mass is 10.1. The molecule has 0 aliphatic rings. The number of hydrogen-bond donors (Lipinski definition) is 0. The topological polar surface area (TPSA) is 26.3 Å². The van der Waals surface area contributed by atoms with E-state index in [1.165, 1.54) is 6.07 Å². The first kappa shape index (κ1) is 18.2. The molecule has 0 radical (unpaired) electrons. The van der Waals surface area contributed by atoms with Crippen molar-refractivity contribution in [3.05, 3.63) is 61.5 Å². The molecule has 0 aliphatic heterocycles. The van der Waals surface area contributed by atoms with Gasteiger partial charge in [0.15, 0.2) is 5.75 Å². The van der Waals surface area contributed by atoms with E-state index in [0.29, 0.717) is 6.07 Å². The largest absolute Gasteiger partial charge is 0.420 e. The zero-order chi connectivity index (χ0) is 17.4. The van der Waals surface area contributed by atoms with Crippen LogP contribution in [0, 0.1) is 0 Å². The maximum Gasteiger partial charge on any atom is 0.416 e. The van der Waals surface area contributed by atoms with Crippen molar-refractivity contribution >= 4 is 52.4 Å². The Morgan fingerprint density at radius 1 is 0.957 bits per heavy atom. The molecule has 0 unspecified atom stereocenters. The Hall–Kier alpha value is -1.14. The van der Waals surface area contributed by atoms with Gasteiger partial charge in [-0.15, -0.1) is 0 Å². The van der Waals surface area contributed by atoms with Crippen LogP contribution >= 0.6 is 46.4 Å². The summed E-state index contributed by atoms with van der Waals surface area (Å²) in [6, 6.07) is 4.93. The van der Waals surface area contributed by atoms with Crippen LogP contribution < -0.4 is 4.74 Å². The molecule has 0 bridgehead atoms. The molecule has 0 spiro atoms. The number of carbonyl (C=O) groups excluding carboxylic acids is 1. The first-order valence-corrected chi connectivity index (χ1v) is 7.35. The van der Waals surface area contributed by atoms with Crippen LogP contribution in [0.25, 0.3) is 0 Å². The van der Waals surface area contributed by atoms with Gasteiger partial charge >= 0.3 is 12.1 Å². The maximum absolute atomic E-state index is 12.7. The van der Waals surface area contributed by atoms with Crippen LogP contribution in [0.5, 0.6) is 5.75 Å². The predicted molar refractivity (Wildman–Crippen MR) is 82.9 cm³/mol. The standard InChI is InChI=1S/C14H5Cl4F3O2/c15-8-5-9(16)12(11(18)10(8)17)23-13(22)6-2-1-3-7(4-6)14(19,20)21/h1-5H. The molecule has 0 aromatic heterocycles. The second-order valence-electron chi connectivity index (χ2n) is 4.27. The quantitative estimate of drug-likeness (QED) is 0.246. The second-order valence-corrected chi connectivity index (χ2v) is 5.84. The summed E-state index contributed by atoms with van der Waals surface area (Å²) in [6.45, 7) is 0.